The second-order valence-electron chi connectivity index (χ2n) is 7.45. The standard InChI is InChI=1S/2C10H15.2BrH.Zr/c2*1-3-4-5-10-7-6-9(2)8-10;;;/h2*6-8H,3-5H2,1-2H3;2*1H;/q;;;;+2/p-2. The van der Waals surface area contributed by atoms with E-state index in [1.54, 1.807) is 0 Å². The number of hydrogen-bond acceptors (Lipinski definition) is 0. The zero-order valence-corrected chi connectivity index (χ0v) is 20.6. The van der Waals surface area contributed by atoms with E-state index in [-0.39, 0.29) is 6.25 Å². The van der Waals surface area contributed by atoms with E-state index >= 15 is 0 Å². The Morgan fingerprint density at radius 3 is 1.57 bits per heavy atom. The summed E-state index contributed by atoms with van der Waals surface area (Å²) in [5.74, 6) is 0. The van der Waals surface area contributed by atoms with Gasteiger partial charge in [0.25, 0.3) is 0 Å². The third-order valence-electron chi connectivity index (χ3n) is 5.25. The van der Waals surface area contributed by atoms with Gasteiger partial charge in [-0.05, 0) is 0 Å². The van der Waals surface area contributed by atoms with E-state index in [2.05, 4.69) is 88.6 Å². The Labute approximate surface area is 158 Å². The second kappa shape index (κ2) is 8.00. The van der Waals surface area contributed by atoms with Crippen LogP contribution in [0.3, 0.4) is 0 Å². The Balaban J connectivity index is 2.22. The van der Waals surface area contributed by atoms with Crippen LogP contribution in [0, 0.1) is 0 Å². The van der Waals surface area contributed by atoms with Gasteiger partial charge in [-0.3, -0.25) is 0 Å². The van der Waals surface area contributed by atoms with E-state index in [0.29, 0.717) is 0 Å². The first-order valence-corrected chi connectivity index (χ1v) is 22.7. The second-order valence-corrected chi connectivity index (χ2v) is 35.9. The number of allylic oxidation sites excluding steroid dienone is 8. The average molecular weight is 521 g/mol. The van der Waals surface area contributed by atoms with E-state index < -0.39 is 15.6 Å². The normalized spacial score (nSPS) is 30.0. The SMILES string of the molecule is CCCCC1=C[C](C)([Zr]([Br])([Br])[C]2(C)C=CC(CCCC)=C2)C=C1. The molecule has 0 radical (unpaired) electrons. The molecule has 0 aromatic rings. The van der Waals surface area contributed by atoms with E-state index in [4.69, 9.17) is 0 Å². The molecule has 2 aliphatic rings. The molecule has 2 aliphatic carbocycles. The molecule has 0 nitrogen and oxygen atoms in total. The summed E-state index contributed by atoms with van der Waals surface area (Å²) in [6, 6.07) is 0. The van der Waals surface area contributed by atoms with E-state index in [1.165, 1.54) is 49.7 Å². The topological polar surface area (TPSA) is 0 Å². The average Bonchev–Trinajstić information content (AvgIpc) is 3.08. The monoisotopic (exact) mass is 518 g/mol. The fraction of sp³-hybridized carbons (Fsp3) is 0.600. The van der Waals surface area contributed by atoms with Crippen molar-refractivity contribution >= 4 is 24.4 Å². The van der Waals surface area contributed by atoms with E-state index in [0.717, 1.165) is 0 Å². The van der Waals surface area contributed by atoms with Crippen LogP contribution in [0.2, 0.25) is 6.25 Å². The molecule has 0 bridgehead atoms. The van der Waals surface area contributed by atoms with E-state index in [9.17, 15) is 0 Å². The molecule has 2 rings (SSSR count). The van der Waals surface area contributed by atoms with Gasteiger partial charge in [0.05, 0.1) is 0 Å². The van der Waals surface area contributed by atoms with Crippen molar-refractivity contribution in [3.63, 3.8) is 0 Å². The summed E-state index contributed by atoms with van der Waals surface area (Å²) in [4.78, 5) is 0. The molecule has 2 atom stereocenters. The van der Waals surface area contributed by atoms with Crippen LogP contribution in [0.4, 0.5) is 0 Å². The molecule has 0 N–H and O–H groups in total. The predicted molar refractivity (Wildman–Crippen MR) is 108 cm³/mol. The van der Waals surface area contributed by atoms with Crippen molar-refractivity contribution in [1.29, 1.82) is 0 Å². The van der Waals surface area contributed by atoms with Gasteiger partial charge in [0.1, 0.15) is 0 Å². The van der Waals surface area contributed by atoms with Crippen LogP contribution in [0.25, 0.3) is 0 Å². The number of unbranched alkanes of at least 4 members (excludes halogenated alkanes) is 2. The van der Waals surface area contributed by atoms with Crippen molar-refractivity contribution in [3.8, 4) is 0 Å². The molecule has 0 spiro atoms. The van der Waals surface area contributed by atoms with Gasteiger partial charge < -0.3 is 0 Å². The Morgan fingerprint density at radius 2 is 1.22 bits per heavy atom. The van der Waals surface area contributed by atoms with Crippen LogP contribution in [-0.4, -0.2) is 0 Å². The van der Waals surface area contributed by atoms with Gasteiger partial charge >= 0.3 is 160 Å². The summed E-state index contributed by atoms with van der Waals surface area (Å²) in [5.41, 5.74) is 3.05. The minimum atomic E-state index is -2.84. The minimum absolute atomic E-state index is 0.174. The number of halogens is 2. The first-order chi connectivity index (χ1) is 10.8. The van der Waals surface area contributed by atoms with Crippen molar-refractivity contribution < 1.29 is 15.6 Å². The molecule has 0 aliphatic heterocycles. The molecule has 0 saturated heterocycles. The predicted octanol–water partition coefficient (Wildman–Crippen LogP) is 8.49. The molecule has 2 unspecified atom stereocenters. The Kier molecular flexibility index (Phi) is 7.00. The first kappa shape index (κ1) is 20.1. The molecule has 0 amide bonds. The number of hydrogen-bond donors (Lipinski definition) is 0. The molecular weight excluding hydrogens is 491 g/mol. The summed E-state index contributed by atoms with van der Waals surface area (Å²) in [6.07, 6.45) is 22.3. The van der Waals surface area contributed by atoms with Crippen LogP contribution < -0.4 is 0 Å². The quantitative estimate of drug-likeness (QED) is 0.301. The summed E-state index contributed by atoms with van der Waals surface area (Å²) >= 11 is 5.71. The third-order valence-corrected chi connectivity index (χ3v) is 33.6. The Hall–Kier alpha value is 0.803. The van der Waals surface area contributed by atoms with Gasteiger partial charge in [-0.2, -0.15) is 0 Å². The molecule has 0 saturated carbocycles. The van der Waals surface area contributed by atoms with Crippen LogP contribution in [0.15, 0.2) is 47.6 Å². The van der Waals surface area contributed by atoms with Gasteiger partial charge in [0.2, 0.25) is 0 Å². The van der Waals surface area contributed by atoms with Crippen molar-refractivity contribution in [2.75, 3.05) is 0 Å². The molecule has 0 fully saturated rings. The maximum atomic E-state index is 4.27. The molecule has 128 valence electrons. The van der Waals surface area contributed by atoms with Gasteiger partial charge in [0, 0.05) is 0 Å². The van der Waals surface area contributed by atoms with Crippen LogP contribution in [0.5, 0.6) is 0 Å². The maximum absolute atomic E-state index is 4.27. The van der Waals surface area contributed by atoms with Crippen molar-refractivity contribution in [3.05, 3.63) is 47.6 Å². The Bertz CT molecular complexity index is 508. The molecular formula is C20H30Br2Zr. The molecule has 0 heterocycles. The van der Waals surface area contributed by atoms with Gasteiger partial charge in [-0.1, -0.05) is 0 Å². The fourth-order valence-electron chi connectivity index (χ4n) is 3.57. The van der Waals surface area contributed by atoms with Gasteiger partial charge in [-0.25, -0.2) is 0 Å². The van der Waals surface area contributed by atoms with E-state index in [1.807, 2.05) is 0 Å². The molecule has 0 aromatic heterocycles. The number of rotatable bonds is 8. The summed E-state index contributed by atoms with van der Waals surface area (Å²) < 4.78 is 0.348. The first-order valence-electron chi connectivity index (χ1n) is 8.98. The molecule has 3 heteroatoms. The fourth-order valence-corrected chi connectivity index (χ4v) is 15.5. The van der Waals surface area contributed by atoms with Crippen molar-refractivity contribution in [2.45, 2.75) is 72.5 Å². The van der Waals surface area contributed by atoms with Gasteiger partial charge in [-0.15, -0.1) is 0 Å². The molecule has 0 aromatic carbocycles. The van der Waals surface area contributed by atoms with Crippen molar-refractivity contribution in [2.24, 2.45) is 0 Å². The van der Waals surface area contributed by atoms with Crippen LogP contribution in [-0.2, 0) is 15.6 Å². The zero-order valence-electron chi connectivity index (χ0n) is 15.0. The van der Waals surface area contributed by atoms with Crippen LogP contribution >= 0.6 is 24.4 Å². The third kappa shape index (κ3) is 4.14. The summed E-state index contributed by atoms with van der Waals surface area (Å²) in [5, 5.41) is 0. The molecule has 23 heavy (non-hydrogen) atoms. The zero-order chi connectivity index (χ0) is 17.1. The summed E-state index contributed by atoms with van der Waals surface area (Å²) in [6.45, 7) is 9.37. The Morgan fingerprint density at radius 1 is 0.826 bits per heavy atom. The van der Waals surface area contributed by atoms with Crippen molar-refractivity contribution in [1.82, 2.24) is 0 Å². The van der Waals surface area contributed by atoms with Gasteiger partial charge in [0.15, 0.2) is 0 Å². The summed E-state index contributed by atoms with van der Waals surface area (Å²) in [7, 11) is 0. The van der Waals surface area contributed by atoms with Crippen LogP contribution in [0.1, 0.15) is 66.2 Å².